The Balaban J connectivity index is 2.79. The van der Waals surface area contributed by atoms with Gasteiger partial charge in [0.15, 0.2) is 0 Å². The Hall–Kier alpha value is -0.690. The van der Waals surface area contributed by atoms with Gasteiger partial charge < -0.3 is 4.90 Å². The van der Waals surface area contributed by atoms with Crippen molar-refractivity contribution in [2.75, 3.05) is 18.0 Å². The van der Waals surface area contributed by atoms with E-state index < -0.39 is 0 Å². The number of unbranched alkanes of at least 4 members (excludes halogenated alkanes) is 2. The fraction of sp³-hybridized carbons (Fsp3) is 0.625. The van der Waals surface area contributed by atoms with E-state index in [0.717, 1.165) is 13.1 Å². The van der Waals surface area contributed by atoms with E-state index in [1.54, 1.807) is 0 Å². The first-order valence-corrected chi connectivity index (χ1v) is 7.66. The highest BCUT2D eigenvalue weighted by Gasteiger charge is 2.07. The molecule has 1 rings (SSSR count). The van der Waals surface area contributed by atoms with Crippen LogP contribution in [0, 0.1) is 6.92 Å². The summed E-state index contributed by atoms with van der Waals surface area (Å²) in [6.45, 7) is 8.98. The molecule has 1 aromatic rings. The molecule has 0 aliphatic carbocycles. The number of anilines is 1. The minimum Gasteiger partial charge on any atom is -0.372 e. The minimum atomic E-state index is 0.607. The van der Waals surface area contributed by atoms with Crippen molar-refractivity contribution in [2.24, 2.45) is 0 Å². The molecule has 18 heavy (non-hydrogen) atoms. The lowest BCUT2D eigenvalue weighted by atomic mass is 10.1. The molecule has 0 saturated carbocycles. The fourth-order valence-electron chi connectivity index (χ4n) is 2.09. The van der Waals surface area contributed by atoms with Crippen molar-refractivity contribution in [3.05, 3.63) is 29.3 Å². The van der Waals surface area contributed by atoms with Crippen LogP contribution in [0.1, 0.15) is 50.7 Å². The first-order valence-electron chi connectivity index (χ1n) is 7.13. The van der Waals surface area contributed by atoms with Crippen LogP contribution in [0.4, 0.5) is 5.69 Å². The highest BCUT2D eigenvalue weighted by Crippen LogP contribution is 2.21. The zero-order valence-corrected chi connectivity index (χ0v) is 12.8. The van der Waals surface area contributed by atoms with Gasteiger partial charge in [-0.25, -0.2) is 0 Å². The van der Waals surface area contributed by atoms with Crippen molar-refractivity contribution in [3.63, 3.8) is 0 Å². The predicted octanol–water partition coefficient (Wildman–Crippen LogP) is 5.14. The Bertz CT molecular complexity index is 341. The topological polar surface area (TPSA) is 3.24 Å². The lowest BCUT2D eigenvalue weighted by molar-refractivity contribution is 0.678. The number of rotatable bonds is 8. The third kappa shape index (κ3) is 4.53. The van der Waals surface area contributed by atoms with Gasteiger partial charge in [0.2, 0.25) is 0 Å². The van der Waals surface area contributed by atoms with E-state index in [0.29, 0.717) is 5.88 Å². The van der Waals surface area contributed by atoms with Gasteiger partial charge >= 0.3 is 0 Å². The van der Waals surface area contributed by atoms with E-state index in [-0.39, 0.29) is 0 Å². The number of hydrogen-bond acceptors (Lipinski definition) is 1. The fourth-order valence-corrected chi connectivity index (χ4v) is 2.39. The van der Waals surface area contributed by atoms with E-state index in [9.17, 15) is 0 Å². The van der Waals surface area contributed by atoms with Crippen LogP contribution < -0.4 is 4.90 Å². The number of alkyl halides is 1. The highest BCUT2D eigenvalue weighted by molar-refractivity contribution is 6.17. The maximum Gasteiger partial charge on any atom is 0.0476 e. The predicted molar refractivity (Wildman–Crippen MR) is 82.8 cm³/mol. The molecule has 2 heteroatoms. The summed E-state index contributed by atoms with van der Waals surface area (Å²) in [7, 11) is 0. The smallest absolute Gasteiger partial charge is 0.0476 e. The maximum absolute atomic E-state index is 5.92. The molecule has 0 N–H and O–H groups in total. The van der Waals surface area contributed by atoms with Crippen molar-refractivity contribution < 1.29 is 0 Å². The van der Waals surface area contributed by atoms with Crippen LogP contribution in [0.15, 0.2) is 18.2 Å². The minimum absolute atomic E-state index is 0.607. The van der Waals surface area contributed by atoms with Gasteiger partial charge in [-0.15, -0.1) is 11.6 Å². The Kier molecular flexibility index (Phi) is 7.19. The molecule has 0 amide bonds. The summed E-state index contributed by atoms with van der Waals surface area (Å²) < 4.78 is 0. The quantitative estimate of drug-likeness (QED) is 0.590. The lowest BCUT2D eigenvalue weighted by Crippen LogP contribution is -2.25. The molecule has 1 aromatic carbocycles. The first kappa shape index (κ1) is 15.4. The monoisotopic (exact) mass is 267 g/mol. The lowest BCUT2D eigenvalue weighted by Gasteiger charge is -2.25. The third-order valence-corrected chi connectivity index (χ3v) is 3.69. The van der Waals surface area contributed by atoms with Gasteiger partial charge in [-0.05, 0) is 43.0 Å². The number of nitrogens with zero attached hydrogens (tertiary/aromatic N) is 1. The van der Waals surface area contributed by atoms with Gasteiger partial charge in [0.05, 0.1) is 0 Å². The van der Waals surface area contributed by atoms with E-state index >= 15 is 0 Å². The average Bonchev–Trinajstić information content (AvgIpc) is 2.39. The molecular formula is C16H26ClN. The van der Waals surface area contributed by atoms with Crippen LogP contribution >= 0.6 is 11.6 Å². The highest BCUT2D eigenvalue weighted by atomic mass is 35.5. The number of benzene rings is 1. The largest absolute Gasteiger partial charge is 0.372 e. The maximum atomic E-state index is 5.92. The van der Waals surface area contributed by atoms with Gasteiger partial charge in [0, 0.05) is 24.7 Å². The summed E-state index contributed by atoms with van der Waals surface area (Å²) in [6, 6.07) is 6.67. The van der Waals surface area contributed by atoms with Crippen molar-refractivity contribution in [1.82, 2.24) is 0 Å². The molecule has 0 saturated heterocycles. The third-order valence-electron chi connectivity index (χ3n) is 3.40. The number of halogens is 1. The van der Waals surface area contributed by atoms with E-state index in [1.807, 2.05) is 0 Å². The van der Waals surface area contributed by atoms with Crippen LogP contribution in [-0.4, -0.2) is 13.1 Å². The van der Waals surface area contributed by atoms with Gasteiger partial charge in [0.25, 0.3) is 0 Å². The summed E-state index contributed by atoms with van der Waals surface area (Å²) in [5, 5.41) is 0. The van der Waals surface area contributed by atoms with Crippen molar-refractivity contribution in [2.45, 2.75) is 52.3 Å². The summed E-state index contributed by atoms with van der Waals surface area (Å²) in [6.07, 6.45) is 5.03. The second-order valence-electron chi connectivity index (χ2n) is 4.94. The van der Waals surface area contributed by atoms with Crippen LogP contribution in [0.5, 0.6) is 0 Å². The van der Waals surface area contributed by atoms with Crippen molar-refractivity contribution >= 4 is 17.3 Å². The average molecular weight is 268 g/mol. The zero-order valence-electron chi connectivity index (χ0n) is 12.0. The second kappa shape index (κ2) is 8.42. The van der Waals surface area contributed by atoms with Crippen LogP contribution in [-0.2, 0) is 5.88 Å². The molecule has 0 atom stereocenters. The molecule has 0 aliphatic heterocycles. The Labute approximate surface area is 117 Å². The molecule has 0 heterocycles. The second-order valence-corrected chi connectivity index (χ2v) is 5.21. The van der Waals surface area contributed by atoms with Gasteiger partial charge in [-0.2, -0.15) is 0 Å². The molecule has 1 nitrogen and oxygen atoms in total. The standard InChI is InChI=1S/C16H26ClN/c1-4-6-10-18(11-7-5-2)16-9-8-15(13-17)14(3)12-16/h8-9,12H,4-7,10-11,13H2,1-3H3. The van der Waals surface area contributed by atoms with E-state index in [1.165, 1.54) is 42.5 Å². The van der Waals surface area contributed by atoms with Crippen LogP contribution in [0.25, 0.3) is 0 Å². The molecule has 0 unspecified atom stereocenters. The molecule has 102 valence electrons. The normalized spacial score (nSPS) is 10.7. The van der Waals surface area contributed by atoms with Crippen molar-refractivity contribution in [1.29, 1.82) is 0 Å². The van der Waals surface area contributed by atoms with Gasteiger partial charge in [0.1, 0.15) is 0 Å². The Morgan fingerprint density at radius 3 is 2.11 bits per heavy atom. The van der Waals surface area contributed by atoms with E-state index in [2.05, 4.69) is 43.9 Å². The Morgan fingerprint density at radius 2 is 1.67 bits per heavy atom. The summed E-state index contributed by atoms with van der Waals surface area (Å²) >= 11 is 5.92. The molecule has 0 aromatic heterocycles. The van der Waals surface area contributed by atoms with Crippen molar-refractivity contribution in [3.8, 4) is 0 Å². The zero-order chi connectivity index (χ0) is 13.4. The summed E-state index contributed by atoms with van der Waals surface area (Å²) in [4.78, 5) is 2.51. The van der Waals surface area contributed by atoms with Gasteiger partial charge in [-0.1, -0.05) is 32.8 Å². The molecule has 0 spiro atoms. The molecule has 0 radical (unpaired) electrons. The number of aryl methyl sites for hydroxylation is 1. The molecule has 0 bridgehead atoms. The van der Waals surface area contributed by atoms with E-state index in [4.69, 9.17) is 11.6 Å². The summed E-state index contributed by atoms with van der Waals surface area (Å²) in [5.41, 5.74) is 3.90. The molecule has 0 aliphatic rings. The van der Waals surface area contributed by atoms with Crippen LogP contribution in [0.3, 0.4) is 0 Å². The summed E-state index contributed by atoms with van der Waals surface area (Å²) in [5.74, 6) is 0.607. The number of hydrogen-bond donors (Lipinski definition) is 0. The first-order chi connectivity index (χ1) is 8.72. The molecule has 0 fully saturated rings. The Morgan fingerprint density at radius 1 is 1.06 bits per heavy atom. The van der Waals surface area contributed by atoms with Gasteiger partial charge in [-0.3, -0.25) is 0 Å². The SMILES string of the molecule is CCCCN(CCCC)c1ccc(CCl)c(C)c1. The molecular weight excluding hydrogens is 242 g/mol. The van der Waals surface area contributed by atoms with Crippen LogP contribution in [0.2, 0.25) is 0 Å².